The monoisotopic (exact) mass is 520 g/mol. The van der Waals surface area contributed by atoms with Gasteiger partial charge in [-0.1, -0.05) is 6.07 Å². The van der Waals surface area contributed by atoms with E-state index in [-0.39, 0.29) is 15.6 Å². The number of carbonyl (C=O) groups is 2. The summed E-state index contributed by atoms with van der Waals surface area (Å²) in [7, 11) is -3.77. The molecule has 0 atom stereocenters. The predicted octanol–water partition coefficient (Wildman–Crippen LogP) is 4.28. The lowest BCUT2D eigenvalue weighted by Crippen LogP contribution is -2.35. The summed E-state index contributed by atoms with van der Waals surface area (Å²) >= 11 is 1.18. The molecule has 9 nitrogen and oxygen atoms in total. The maximum absolute atomic E-state index is 12.9. The molecule has 1 aliphatic rings. The Labute approximate surface area is 211 Å². The molecule has 2 aromatic carbocycles. The first-order chi connectivity index (χ1) is 17.2. The molecular weight excluding hydrogens is 500 g/mol. The van der Waals surface area contributed by atoms with Crippen LogP contribution in [0.3, 0.4) is 0 Å². The van der Waals surface area contributed by atoms with Crippen LogP contribution < -0.4 is 15.2 Å². The Hall–Kier alpha value is -4.22. The second-order valence-electron chi connectivity index (χ2n) is 8.08. The number of amides is 2. The molecule has 0 saturated carbocycles. The first kappa shape index (κ1) is 23.5. The van der Waals surface area contributed by atoms with Gasteiger partial charge in [0, 0.05) is 17.1 Å². The van der Waals surface area contributed by atoms with Crippen LogP contribution in [-0.2, 0) is 19.6 Å². The summed E-state index contributed by atoms with van der Waals surface area (Å²) in [6.07, 6.45) is 2.90. The van der Waals surface area contributed by atoms with Crippen LogP contribution in [0.2, 0.25) is 0 Å². The van der Waals surface area contributed by atoms with E-state index in [2.05, 4.69) is 15.1 Å². The molecule has 3 heterocycles. The summed E-state index contributed by atoms with van der Waals surface area (Å²) in [4.78, 5) is 29.4. The van der Waals surface area contributed by atoms with Gasteiger partial charge in [0.2, 0.25) is 0 Å². The van der Waals surface area contributed by atoms with Crippen molar-refractivity contribution in [1.29, 1.82) is 0 Å². The summed E-state index contributed by atoms with van der Waals surface area (Å²) in [6, 6.07) is 14.9. The molecule has 1 saturated heterocycles. The molecule has 182 valence electrons. The van der Waals surface area contributed by atoms with E-state index in [1.807, 2.05) is 26.0 Å². The minimum atomic E-state index is -3.77. The van der Waals surface area contributed by atoms with Crippen molar-refractivity contribution in [3.63, 3.8) is 0 Å². The predicted molar refractivity (Wildman–Crippen MR) is 137 cm³/mol. The Morgan fingerprint density at radius 2 is 1.81 bits per heavy atom. The molecule has 0 bridgehead atoms. The molecule has 0 unspecified atom stereocenters. The maximum Gasteiger partial charge on any atom is 0.282 e. The average Bonchev–Trinajstić information content (AvgIpc) is 3.59. The van der Waals surface area contributed by atoms with Gasteiger partial charge in [-0.05, 0) is 79.6 Å². The minimum Gasteiger partial charge on any atom is -0.457 e. The van der Waals surface area contributed by atoms with Crippen LogP contribution in [-0.4, -0.2) is 25.2 Å². The van der Waals surface area contributed by atoms with E-state index >= 15 is 0 Å². The molecule has 4 aromatic rings. The third-order valence-corrected chi connectivity index (χ3v) is 7.83. The van der Waals surface area contributed by atoms with Gasteiger partial charge in [-0.25, -0.2) is 18.4 Å². The molecule has 2 aromatic heterocycles. The highest BCUT2D eigenvalue weighted by molar-refractivity contribution is 7.93. The first-order valence-electron chi connectivity index (χ1n) is 10.8. The number of anilines is 2. The van der Waals surface area contributed by atoms with Gasteiger partial charge in [0.15, 0.2) is 5.13 Å². The lowest BCUT2D eigenvalue weighted by Gasteiger charge is -2.15. The topological polar surface area (TPSA) is 122 Å². The molecule has 2 amide bonds. The van der Waals surface area contributed by atoms with Crippen LogP contribution in [0.1, 0.15) is 16.9 Å². The molecular formula is C25H20N4O5S2. The highest BCUT2D eigenvalue weighted by Crippen LogP contribution is 2.28. The number of sulfonamides is 1. The average molecular weight is 521 g/mol. The number of furan rings is 1. The van der Waals surface area contributed by atoms with E-state index in [9.17, 15) is 18.0 Å². The second-order valence-corrected chi connectivity index (χ2v) is 10.7. The fourth-order valence-corrected chi connectivity index (χ4v) is 5.37. The number of rotatable bonds is 6. The summed E-state index contributed by atoms with van der Waals surface area (Å²) in [5.41, 5.74) is 5.81. The van der Waals surface area contributed by atoms with Crippen molar-refractivity contribution in [1.82, 2.24) is 10.4 Å². The SMILES string of the molecule is Cc1ccc(N2NC(=O)C(=Cc3ccc(-c4ccc(S(=O)(=O)Nc5nccs5)cc4)o3)C2=O)cc1C. The number of nitrogens with zero attached hydrogens (tertiary/aromatic N) is 2. The van der Waals surface area contributed by atoms with E-state index in [4.69, 9.17) is 4.42 Å². The summed E-state index contributed by atoms with van der Waals surface area (Å²) < 4.78 is 33.3. The van der Waals surface area contributed by atoms with E-state index in [0.717, 1.165) is 11.1 Å². The molecule has 11 heteroatoms. The molecule has 5 rings (SSSR count). The van der Waals surface area contributed by atoms with Crippen molar-refractivity contribution >= 4 is 50.1 Å². The van der Waals surface area contributed by atoms with Gasteiger partial charge in [0.05, 0.1) is 10.6 Å². The Morgan fingerprint density at radius 3 is 2.50 bits per heavy atom. The lowest BCUT2D eigenvalue weighted by atomic mass is 10.1. The van der Waals surface area contributed by atoms with Gasteiger partial charge in [0.1, 0.15) is 17.1 Å². The Balaban J connectivity index is 1.34. The summed E-state index contributed by atoms with van der Waals surface area (Å²) in [6.45, 7) is 3.90. The number of hydrogen-bond donors (Lipinski definition) is 2. The van der Waals surface area contributed by atoms with Gasteiger partial charge in [-0.3, -0.25) is 19.7 Å². The summed E-state index contributed by atoms with van der Waals surface area (Å²) in [5.74, 6) is -0.245. The van der Waals surface area contributed by atoms with Crippen molar-refractivity contribution in [2.45, 2.75) is 18.7 Å². The number of aryl methyl sites for hydroxylation is 2. The Morgan fingerprint density at radius 1 is 1.03 bits per heavy atom. The quantitative estimate of drug-likeness (QED) is 0.289. The number of benzene rings is 2. The van der Waals surface area contributed by atoms with Gasteiger partial charge in [-0.15, -0.1) is 11.3 Å². The zero-order valence-electron chi connectivity index (χ0n) is 19.2. The number of thiazole rings is 1. The molecule has 36 heavy (non-hydrogen) atoms. The van der Waals surface area contributed by atoms with E-state index in [1.165, 1.54) is 40.8 Å². The number of aromatic nitrogens is 1. The van der Waals surface area contributed by atoms with Crippen LogP contribution in [0.25, 0.3) is 17.4 Å². The van der Waals surface area contributed by atoms with Crippen LogP contribution in [0, 0.1) is 13.8 Å². The first-order valence-corrected chi connectivity index (χ1v) is 13.1. The largest absolute Gasteiger partial charge is 0.457 e. The maximum atomic E-state index is 12.9. The van der Waals surface area contributed by atoms with Crippen LogP contribution in [0.4, 0.5) is 10.8 Å². The fraction of sp³-hybridized carbons (Fsp3) is 0.0800. The van der Waals surface area contributed by atoms with Gasteiger partial charge in [-0.2, -0.15) is 0 Å². The van der Waals surface area contributed by atoms with Crippen LogP contribution >= 0.6 is 11.3 Å². The van der Waals surface area contributed by atoms with Crippen molar-refractivity contribution in [3.8, 4) is 11.3 Å². The number of hydrogen-bond acceptors (Lipinski definition) is 7. The van der Waals surface area contributed by atoms with Crippen LogP contribution in [0.15, 0.2) is 81.1 Å². The molecule has 1 fully saturated rings. The fourth-order valence-electron chi connectivity index (χ4n) is 3.58. The lowest BCUT2D eigenvalue weighted by molar-refractivity contribution is -0.117. The normalized spacial score (nSPS) is 14.9. The smallest absolute Gasteiger partial charge is 0.282 e. The number of hydrazine groups is 1. The van der Waals surface area contributed by atoms with Crippen LogP contribution in [0.5, 0.6) is 0 Å². The van der Waals surface area contributed by atoms with Crippen molar-refractivity contribution < 1.29 is 22.4 Å². The van der Waals surface area contributed by atoms with Crippen molar-refractivity contribution in [2.24, 2.45) is 0 Å². The van der Waals surface area contributed by atoms with Crippen molar-refractivity contribution in [3.05, 3.63) is 88.6 Å². The second kappa shape index (κ2) is 9.10. The standard InChI is InChI=1S/C25H20N4O5S2/c1-15-3-6-18(13-16(15)2)29-24(31)21(23(30)27-29)14-19-7-10-22(34-19)17-4-8-20(9-5-17)36(32,33)28-25-26-11-12-35-25/h3-14H,1-2H3,(H,26,28)(H,27,30). The van der Waals surface area contributed by atoms with Gasteiger partial charge >= 0.3 is 0 Å². The highest BCUT2D eigenvalue weighted by atomic mass is 32.2. The van der Waals surface area contributed by atoms with E-state index in [0.29, 0.717) is 22.8 Å². The third-order valence-electron chi connectivity index (χ3n) is 5.66. The highest BCUT2D eigenvalue weighted by Gasteiger charge is 2.35. The third kappa shape index (κ3) is 4.53. The zero-order chi connectivity index (χ0) is 25.4. The zero-order valence-corrected chi connectivity index (χ0v) is 20.8. The molecule has 1 aliphatic heterocycles. The Kier molecular flexibility index (Phi) is 5.94. The molecule has 2 N–H and O–H groups in total. The molecule has 0 spiro atoms. The van der Waals surface area contributed by atoms with Gasteiger partial charge in [0.25, 0.3) is 21.8 Å². The number of carbonyl (C=O) groups excluding carboxylic acids is 2. The molecule has 0 radical (unpaired) electrons. The van der Waals surface area contributed by atoms with E-state index < -0.39 is 21.8 Å². The van der Waals surface area contributed by atoms with Gasteiger partial charge < -0.3 is 4.42 Å². The minimum absolute atomic E-state index is 0.0520. The molecule has 0 aliphatic carbocycles. The number of nitrogens with one attached hydrogen (secondary N) is 2. The van der Waals surface area contributed by atoms with E-state index in [1.54, 1.807) is 35.7 Å². The van der Waals surface area contributed by atoms with Crippen molar-refractivity contribution in [2.75, 3.05) is 9.73 Å². The summed E-state index contributed by atoms with van der Waals surface area (Å²) in [5, 5.41) is 3.17. The Bertz CT molecular complexity index is 1600.